The zero-order valence-electron chi connectivity index (χ0n) is 12.9. The Balaban J connectivity index is 2.47. The van der Waals surface area contributed by atoms with Crippen molar-refractivity contribution in [3.05, 3.63) is 33.3 Å². The van der Waals surface area contributed by atoms with Gasteiger partial charge in [-0.15, -0.1) is 11.3 Å². The van der Waals surface area contributed by atoms with Crippen LogP contribution in [0, 0.1) is 13.8 Å². The molecule has 0 aliphatic heterocycles. The van der Waals surface area contributed by atoms with Gasteiger partial charge in [-0.1, -0.05) is 6.92 Å². The summed E-state index contributed by atoms with van der Waals surface area (Å²) < 4.78 is 7.54. The average molecular weight is 293 g/mol. The van der Waals surface area contributed by atoms with Crippen molar-refractivity contribution in [2.75, 3.05) is 14.2 Å². The first-order valence-corrected chi connectivity index (χ1v) is 7.77. The monoisotopic (exact) mass is 293 g/mol. The molecule has 2 aromatic rings. The lowest BCUT2D eigenvalue weighted by molar-refractivity contribution is 0.400. The van der Waals surface area contributed by atoms with E-state index in [-0.39, 0.29) is 6.04 Å². The highest BCUT2D eigenvalue weighted by molar-refractivity contribution is 7.12. The molecule has 0 amide bonds. The predicted octanol–water partition coefficient (Wildman–Crippen LogP) is 3.29. The number of thiophene rings is 1. The number of rotatable bonds is 6. The molecule has 0 aliphatic rings. The van der Waals surface area contributed by atoms with E-state index in [0.29, 0.717) is 0 Å². The summed E-state index contributed by atoms with van der Waals surface area (Å²) in [5.41, 5.74) is 2.45. The maximum atomic E-state index is 5.49. The van der Waals surface area contributed by atoms with Crippen molar-refractivity contribution < 1.29 is 4.74 Å². The minimum Gasteiger partial charge on any atom is -0.493 e. The van der Waals surface area contributed by atoms with Crippen LogP contribution in [-0.4, -0.2) is 23.9 Å². The van der Waals surface area contributed by atoms with E-state index in [2.05, 4.69) is 37.3 Å². The van der Waals surface area contributed by atoms with E-state index in [1.165, 1.54) is 15.3 Å². The van der Waals surface area contributed by atoms with Crippen LogP contribution in [0.2, 0.25) is 0 Å². The fourth-order valence-electron chi connectivity index (χ4n) is 2.37. The highest BCUT2D eigenvalue weighted by atomic mass is 32.1. The fraction of sp³-hybridized carbons (Fsp3) is 0.533. The normalized spacial score (nSPS) is 12.7. The van der Waals surface area contributed by atoms with E-state index in [1.807, 2.05) is 29.3 Å². The first-order chi connectivity index (χ1) is 9.62. The van der Waals surface area contributed by atoms with Gasteiger partial charge in [-0.3, -0.25) is 4.68 Å². The molecule has 5 heteroatoms. The van der Waals surface area contributed by atoms with Gasteiger partial charge in [-0.25, -0.2) is 0 Å². The molecule has 0 aromatic carbocycles. The van der Waals surface area contributed by atoms with Crippen LogP contribution in [0.15, 0.2) is 12.3 Å². The lowest BCUT2D eigenvalue weighted by Crippen LogP contribution is -2.21. The zero-order chi connectivity index (χ0) is 14.7. The molecule has 1 unspecified atom stereocenters. The van der Waals surface area contributed by atoms with E-state index in [1.54, 1.807) is 7.11 Å². The molecule has 0 fully saturated rings. The van der Waals surface area contributed by atoms with Crippen LogP contribution in [0.1, 0.15) is 40.4 Å². The predicted molar refractivity (Wildman–Crippen MR) is 83.8 cm³/mol. The molecule has 0 radical (unpaired) electrons. The summed E-state index contributed by atoms with van der Waals surface area (Å²) in [7, 11) is 3.69. The maximum Gasteiger partial charge on any atom is 0.161 e. The Morgan fingerprint density at radius 2 is 2.20 bits per heavy atom. The first-order valence-electron chi connectivity index (χ1n) is 6.96. The number of ether oxygens (including phenoxy) is 1. The van der Waals surface area contributed by atoms with Crippen LogP contribution in [0.25, 0.3) is 0 Å². The number of methoxy groups -OCH3 is 1. The summed E-state index contributed by atoms with van der Waals surface area (Å²) in [6.45, 7) is 7.38. The first kappa shape index (κ1) is 15.1. The molecule has 1 atom stereocenters. The lowest BCUT2D eigenvalue weighted by Gasteiger charge is -2.18. The van der Waals surface area contributed by atoms with Crippen molar-refractivity contribution in [2.45, 2.75) is 39.8 Å². The quantitative estimate of drug-likeness (QED) is 0.888. The standard InChI is InChI=1S/C15H23N3OS/c1-6-7-18-15(12(19-5)9-17-18)14(16-4)13-8-10(2)11(3)20-13/h8-9,14,16H,6-7H2,1-5H3. The molecular weight excluding hydrogens is 270 g/mol. The maximum absolute atomic E-state index is 5.49. The van der Waals surface area contributed by atoms with Gasteiger partial charge in [-0.2, -0.15) is 5.10 Å². The number of hydrogen-bond donors (Lipinski definition) is 1. The number of aryl methyl sites for hydroxylation is 3. The molecule has 0 aliphatic carbocycles. The van der Waals surface area contributed by atoms with E-state index in [9.17, 15) is 0 Å². The second-order valence-corrected chi connectivity index (χ2v) is 6.22. The minimum atomic E-state index is 0.122. The van der Waals surface area contributed by atoms with Gasteiger partial charge in [0.2, 0.25) is 0 Å². The minimum absolute atomic E-state index is 0.122. The summed E-state index contributed by atoms with van der Waals surface area (Å²) in [5.74, 6) is 0.849. The van der Waals surface area contributed by atoms with Gasteiger partial charge in [-0.05, 0) is 38.9 Å². The third kappa shape index (κ3) is 2.74. The molecule has 1 N–H and O–H groups in total. The van der Waals surface area contributed by atoms with Crippen molar-refractivity contribution >= 4 is 11.3 Å². The second kappa shape index (κ2) is 6.41. The van der Waals surface area contributed by atoms with Gasteiger partial charge in [0, 0.05) is 16.3 Å². The second-order valence-electron chi connectivity index (χ2n) is 4.93. The van der Waals surface area contributed by atoms with Crippen LogP contribution < -0.4 is 10.1 Å². The molecule has 2 rings (SSSR count). The van der Waals surface area contributed by atoms with Crippen molar-refractivity contribution in [3.63, 3.8) is 0 Å². The molecule has 0 saturated heterocycles. The van der Waals surface area contributed by atoms with E-state index < -0.39 is 0 Å². The Morgan fingerprint density at radius 3 is 2.70 bits per heavy atom. The van der Waals surface area contributed by atoms with E-state index in [0.717, 1.165) is 24.4 Å². The summed E-state index contributed by atoms with van der Waals surface area (Å²) in [6.07, 6.45) is 2.86. The van der Waals surface area contributed by atoms with Gasteiger partial charge >= 0.3 is 0 Å². The number of nitrogens with zero attached hydrogens (tertiary/aromatic N) is 2. The molecule has 4 nitrogen and oxygen atoms in total. The van der Waals surface area contributed by atoms with Gasteiger partial charge < -0.3 is 10.1 Å². The molecule has 0 spiro atoms. The van der Waals surface area contributed by atoms with Crippen LogP contribution >= 0.6 is 11.3 Å². The molecule has 2 aromatic heterocycles. The van der Waals surface area contributed by atoms with Gasteiger partial charge in [0.05, 0.1) is 19.3 Å². The van der Waals surface area contributed by atoms with E-state index in [4.69, 9.17) is 4.74 Å². The van der Waals surface area contributed by atoms with Crippen molar-refractivity contribution in [2.24, 2.45) is 0 Å². The molecule has 0 bridgehead atoms. The average Bonchev–Trinajstić information content (AvgIpc) is 2.97. The van der Waals surface area contributed by atoms with Crippen molar-refractivity contribution in [1.82, 2.24) is 15.1 Å². The third-order valence-corrected chi connectivity index (χ3v) is 4.75. The van der Waals surface area contributed by atoms with E-state index >= 15 is 0 Å². The van der Waals surface area contributed by atoms with Gasteiger partial charge in [0.15, 0.2) is 5.75 Å². The highest BCUT2D eigenvalue weighted by Crippen LogP contribution is 2.34. The smallest absolute Gasteiger partial charge is 0.161 e. The fourth-order valence-corrected chi connectivity index (χ4v) is 3.53. The number of aromatic nitrogens is 2. The molecule has 110 valence electrons. The summed E-state index contributed by atoms with van der Waals surface area (Å²) in [5, 5.41) is 7.86. The van der Waals surface area contributed by atoms with Gasteiger partial charge in [0.1, 0.15) is 5.69 Å². The summed E-state index contributed by atoms with van der Waals surface area (Å²) >= 11 is 1.83. The Kier molecular flexibility index (Phi) is 4.83. The third-order valence-electron chi connectivity index (χ3n) is 3.53. The van der Waals surface area contributed by atoms with Gasteiger partial charge in [0.25, 0.3) is 0 Å². The van der Waals surface area contributed by atoms with Crippen LogP contribution in [-0.2, 0) is 6.54 Å². The van der Waals surface area contributed by atoms with Crippen LogP contribution in [0.3, 0.4) is 0 Å². The molecule has 0 saturated carbocycles. The lowest BCUT2D eigenvalue weighted by atomic mass is 10.1. The Bertz CT molecular complexity index is 554. The molecule has 20 heavy (non-hydrogen) atoms. The number of nitrogens with one attached hydrogen (secondary N) is 1. The Morgan fingerprint density at radius 1 is 1.45 bits per heavy atom. The molecule has 2 heterocycles. The zero-order valence-corrected chi connectivity index (χ0v) is 13.7. The topological polar surface area (TPSA) is 39.1 Å². The largest absolute Gasteiger partial charge is 0.493 e. The molecular formula is C15H23N3OS. The highest BCUT2D eigenvalue weighted by Gasteiger charge is 2.23. The van der Waals surface area contributed by atoms with Crippen LogP contribution in [0.4, 0.5) is 0 Å². The summed E-state index contributed by atoms with van der Waals surface area (Å²) in [4.78, 5) is 2.67. The Hall–Kier alpha value is -1.33. The summed E-state index contributed by atoms with van der Waals surface area (Å²) in [6, 6.07) is 2.38. The number of hydrogen-bond acceptors (Lipinski definition) is 4. The van der Waals surface area contributed by atoms with Crippen LogP contribution in [0.5, 0.6) is 5.75 Å². The SMILES string of the molecule is CCCn1ncc(OC)c1C(NC)c1cc(C)c(C)s1. The van der Waals surface area contributed by atoms with Crippen molar-refractivity contribution in [1.29, 1.82) is 0 Å². The van der Waals surface area contributed by atoms with Crippen molar-refractivity contribution in [3.8, 4) is 5.75 Å². The Labute approximate surface area is 124 Å².